The lowest BCUT2D eigenvalue weighted by Crippen LogP contribution is -2.54. The summed E-state index contributed by atoms with van der Waals surface area (Å²) in [6.45, 7) is 8.97. The Morgan fingerprint density at radius 3 is 2.50 bits per heavy atom. The van der Waals surface area contributed by atoms with Gasteiger partial charge < -0.3 is 19.5 Å². The maximum atomic E-state index is 12.3. The van der Waals surface area contributed by atoms with Crippen molar-refractivity contribution in [1.82, 2.24) is 10.2 Å². The topological polar surface area (TPSA) is 77.1 Å². The fourth-order valence-electron chi connectivity index (χ4n) is 1.91. The van der Waals surface area contributed by atoms with Gasteiger partial charge in [0.05, 0.1) is 6.61 Å². The molecule has 1 atom stereocenters. The third-order valence-electron chi connectivity index (χ3n) is 2.77. The molecule has 1 unspecified atom stereocenters. The van der Waals surface area contributed by atoms with E-state index in [-0.39, 0.29) is 19.2 Å². The quantitative estimate of drug-likeness (QED) is 0.786. The van der Waals surface area contributed by atoms with Gasteiger partial charge in [0.2, 0.25) is 5.91 Å². The van der Waals surface area contributed by atoms with E-state index < -0.39 is 23.5 Å². The molecule has 0 bridgehead atoms. The second-order valence-electron chi connectivity index (χ2n) is 6.10. The predicted molar refractivity (Wildman–Crippen MR) is 71.9 cm³/mol. The summed E-state index contributed by atoms with van der Waals surface area (Å²) in [5, 5.41) is 2.57. The first-order chi connectivity index (χ1) is 9.08. The van der Waals surface area contributed by atoms with Gasteiger partial charge in [0, 0.05) is 7.11 Å². The normalized spacial score (nSPS) is 21.7. The van der Waals surface area contributed by atoms with Crippen LogP contribution in [-0.2, 0) is 19.0 Å². The van der Waals surface area contributed by atoms with Crippen molar-refractivity contribution in [3.63, 3.8) is 0 Å². The van der Waals surface area contributed by atoms with Crippen molar-refractivity contribution in [2.45, 2.75) is 52.0 Å². The zero-order chi connectivity index (χ0) is 15.6. The van der Waals surface area contributed by atoms with Crippen LogP contribution in [-0.4, -0.2) is 54.7 Å². The van der Waals surface area contributed by atoms with Gasteiger partial charge in [-0.15, -0.1) is 0 Å². The zero-order valence-corrected chi connectivity index (χ0v) is 13.0. The third-order valence-corrected chi connectivity index (χ3v) is 2.77. The van der Waals surface area contributed by atoms with E-state index >= 15 is 0 Å². The molecular weight excluding hydrogens is 264 g/mol. The van der Waals surface area contributed by atoms with Gasteiger partial charge in [0.15, 0.2) is 0 Å². The summed E-state index contributed by atoms with van der Waals surface area (Å²) in [6, 6.07) is -0.727. The van der Waals surface area contributed by atoms with E-state index in [4.69, 9.17) is 14.2 Å². The zero-order valence-electron chi connectivity index (χ0n) is 13.0. The van der Waals surface area contributed by atoms with Gasteiger partial charge in [-0.05, 0) is 34.6 Å². The van der Waals surface area contributed by atoms with Gasteiger partial charge in [-0.1, -0.05) is 0 Å². The van der Waals surface area contributed by atoms with Crippen LogP contribution >= 0.6 is 0 Å². The van der Waals surface area contributed by atoms with Crippen LogP contribution in [0, 0.1) is 0 Å². The molecule has 0 aromatic rings. The van der Waals surface area contributed by atoms with Crippen molar-refractivity contribution in [3.05, 3.63) is 0 Å². The number of carbonyl (C=O) groups excluding carboxylic acids is 2. The monoisotopic (exact) mass is 288 g/mol. The van der Waals surface area contributed by atoms with Gasteiger partial charge in [0.25, 0.3) is 0 Å². The highest BCUT2D eigenvalue weighted by atomic mass is 16.6. The van der Waals surface area contributed by atoms with Crippen molar-refractivity contribution in [3.8, 4) is 0 Å². The van der Waals surface area contributed by atoms with Crippen molar-refractivity contribution < 1.29 is 23.8 Å². The Hall–Kier alpha value is -1.34. The van der Waals surface area contributed by atoms with E-state index in [9.17, 15) is 9.59 Å². The van der Waals surface area contributed by atoms with Crippen LogP contribution in [0.4, 0.5) is 4.79 Å². The molecule has 1 heterocycles. The molecule has 2 amide bonds. The second kappa shape index (κ2) is 5.97. The Bertz CT molecular complexity index is 375. The van der Waals surface area contributed by atoms with E-state index in [1.807, 2.05) is 0 Å². The highest BCUT2D eigenvalue weighted by molar-refractivity contribution is 5.86. The van der Waals surface area contributed by atoms with Crippen molar-refractivity contribution in [2.75, 3.05) is 20.4 Å². The third kappa shape index (κ3) is 4.08. The van der Waals surface area contributed by atoms with Crippen molar-refractivity contribution in [2.24, 2.45) is 0 Å². The molecule has 0 spiro atoms. The Morgan fingerprint density at radius 1 is 1.40 bits per heavy atom. The second-order valence-corrected chi connectivity index (χ2v) is 6.10. The summed E-state index contributed by atoms with van der Waals surface area (Å²) in [7, 11) is 1.47. The lowest BCUT2D eigenvalue weighted by atomic mass is 10.2. The fraction of sp³-hybridized carbons (Fsp3) is 0.846. The van der Waals surface area contributed by atoms with Crippen LogP contribution in [0.25, 0.3) is 0 Å². The molecule has 1 fully saturated rings. The average Bonchev–Trinajstić information content (AvgIpc) is 2.59. The minimum absolute atomic E-state index is 0.0813. The van der Waals surface area contributed by atoms with Gasteiger partial charge in [-0.2, -0.15) is 0 Å². The molecular formula is C13H24N2O5. The molecule has 1 N–H and O–H groups in total. The highest BCUT2D eigenvalue weighted by Crippen LogP contribution is 2.29. The fourth-order valence-corrected chi connectivity index (χ4v) is 1.91. The van der Waals surface area contributed by atoms with Gasteiger partial charge in [-0.3, -0.25) is 9.69 Å². The lowest BCUT2D eigenvalue weighted by Gasteiger charge is -2.34. The first kappa shape index (κ1) is 16.7. The van der Waals surface area contributed by atoms with Crippen LogP contribution in [0.1, 0.15) is 34.6 Å². The number of ether oxygens (including phenoxy) is 3. The summed E-state index contributed by atoms with van der Waals surface area (Å²) in [6.07, 6.45) is -0.572. The van der Waals surface area contributed by atoms with E-state index in [1.54, 1.807) is 34.6 Å². The summed E-state index contributed by atoms with van der Waals surface area (Å²) in [4.78, 5) is 25.7. The smallest absolute Gasteiger partial charge is 0.413 e. The molecule has 7 nitrogen and oxygen atoms in total. The number of methoxy groups -OCH3 is 1. The molecule has 0 saturated carbocycles. The van der Waals surface area contributed by atoms with E-state index in [2.05, 4.69) is 5.32 Å². The molecule has 116 valence electrons. The van der Waals surface area contributed by atoms with E-state index in [0.717, 1.165) is 0 Å². The van der Waals surface area contributed by atoms with E-state index in [0.29, 0.717) is 0 Å². The largest absolute Gasteiger partial charge is 0.444 e. The average molecular weight is 288 g/mol. The summed E-state index contributed by atoms with van der Waals surface area (Å²) in [5.41, 5.74) is -1.53. The van der Waals surface area contributed by atoms with Gasteiger partial charge in [0.1, 0.15) is 24.1 Å². The minimum atomic E-state index is -0.891. The molecule has 1 rings (SSSR count). The van der Waals surface area contributed by atoms with Crippen LogP contribution in [0.5, 0.6) is 0 Å². The first-order valence-corrected chi connectivity index (χ1v) is 6.51. The first-order valence-electron chi connectivity index (χ1n) is 6.51. The molecule has 0 aliphatic carbocycles. The molecule has 1 aliphatic heterocycles. The van der Waals surface area contributed by atoms with Gasteiger partial charge >= 0.3 is 6.09 Å². The minimum Gasteiger partial charge on any atom is -0.444 e. The van der Waals surface area contributed by atoms with Gasteiger partial charge in [-0.25, -0.2) is 4.79 Å². The molecule has 0 radical (unpaired) electrons. The molecule has 0 aromatic heterocycles. The van der Waals surface area contributed by atoms with Crippen LogP contribution < -0.4 is 5.32 Å². The predicted octanol–water partition coefficient (Wildman–Crippen LogP) is 1.08. The number of hydrogen-bond donors (Lipinski definition) is 1. The molecule has 1 saturated heterocycles. The number of carbonyl (C=O) groups is 2. The summed E-state index contributed by atoms with van der Waals surface area (Å²) >= 11 is 0. The SMILES string of the molecule is COCNC(=O)C1COC(C)(C)N1C(=O)OC(C)(C)C. The Kier molecular flexibility index (Phi) is 4.99. The van der Waals surface area contributed by atoms with Crippen molar-refractivity contribution in [1.29, 1.82) is 0 Å². The van der Waals surface area contributed by atoms with Crippen LogP contribution in [0.3, 0.4) is 0 Å². The highest BCUT2D eigenvalue weighted by Gasteiger charge is 2.48. The number of amides is 2. The molecule has 20 heavy (non-hydrogen) atoms. The lowest BCUT2D eigenvalue weighted by molar-refractivity contribution is -0.128. The number of nitrogens with zero attached hydrogens (tertiary/aromatic N) is 1. The molecule has 7 heteroatoms. The van der Waals surface area contributed by atoms with Crippen molar-refractivity contribution >= 4 is 12.0 Å². The number of hydrogen-bond acceptors (Lipinski definition) is 5. The maximum Gasteiger partial charge on any atom is 0.413 e. The summed E-state index contributed by atoms with van der Waals surface area (Å²) in [5.74, 6) is -0.330. The standard InChI is InChI=1S/C13H24N2O5/c1-12(2,3)20-11(17)15-9(7-19-13(15,4)5)10(16)14-8-18-6/h9H,7-8H2,1-6H3,(H,14,16). The Balaban J connectivity index is 2.85. The number of rotatable bonds is 3. The van der Waals surface area contributed by atoms with E-state index in [1.165, 1.54) is 12.0 Å². The Morgan fingerprint density at radius 2 is 2.00 bits per heavy atom. The Labute approximate surface area is 119 Å². The molecule has 1 aliphatic rings. The molecule has 0 aromatic carbocycles. The maximum absolute atomic E-state index is 12.3. The van der Waals surface area contributed by atoms with Crippen LogP contribution in [0.15, 0.2) is 0 Å². The number of nitrogens with one attached hydrogen (secondary N) is 1. The van der Waals surface area contributed by atoms with Crippen LogP contribution in [0.2, 0.25) is 0 Å². The summed E-state index contributed by atoms with van der Waals surface area (Å²) < 4.78 is 15.7.